The van der Waals surface area contributed by atoms with Gasteiger partial charge < -0.3 is 10.1 Å². The number of rotatable bonds is 6. The van der Waals surface area contributed by atoms with Gasteiger partial charge in [0.15, 0.2) is 6.10 Å². The third-order valence-corrected chi connectivity index (χ3v) is 3.72. The van der Waals surface area contributed by atoms with E-state index >= 15 is 0 Å². The Bertz CT molecular complexity index is 831. The first-order valence-electron chi connectivity index (χ1n) is 8.08. The van der Waals surface area contributed by atoms with Crippen LogP contribution in [0.3, 0.4) is 0 Å². The molecule has 2 aromatic heterocycles. The molecule has 1 atom stereocenters. The highest BCUT2D eigenvalue weighted by Crippen LogP contribution is 2.19. The van der Waals surface area contributed by atoms with Crippen molar-refractivity contribution in [1.82, 2.24) is 20.1 Å². The molecule has 2 heterocycles. The zero-order chi connectivity index (χ0) is 17.6. The Labute approximate surface area is 146 Å². The molecule has 0 aliphatic heterocycles. The minimum Gasteiger partial charge on any atom is -0.463 e. The molecular formula is C19H20N4O2. The number of carbonyl (C=O) groups excluding carboxylic acids is 1. The van der Waals surface area contributed by atoms with Crippen molar-refractivity contribution in [2.24, 2.45) is 0 Å². The van der Waals surface area contributed by atoms with Crippen molar-refractivity contribution >= 4 is 5.91 Å². The lowest BCUT2D eigenvalue weighted by molar-refractivity contribution is -0.127. The first-order chi connectivity index (χ1) is 12.1. The molecule has 25 heavy (non-hydrogen) atoms. The van der Waals surface area contributed by atoms with Crippen molar-refractivity contribution in [3.8, 4) is 11.6 Å². The van der Waals surface area contributed by atoms with E-state index in [9.17, 15) is 4.79 Å². The smallest absolute Gasteiger partial charge is 0.261 e. The van der Waals surface area contributed by atoms with E-state index in [1.807, 2.05) is 55.6 Å². The Hall–Kier alpha value is -3.15. The van der Waals surface area contributed by atoms with Crippen LogP contribution in [0.5, 0.6) is 5.88 Å². The Morgan fingerprint density at radius 1 is 1.24 bits per heavy atom. The van der Waals surface area contributed by atoms with Crippen molar-refractivity contribution in [1.29, 1.82) is 0 Å². The molecule has 3 aromatic rings. The molecule has 0 radical (unpaired) electrons. The molecule has 0 fully saturated rings. The average Bonchev–Trinajstić information content (AvgIpc) is 3.02. The van der Waals surface area contributed by atoms with Crippen LogP contribution >= 0.6 is 0 Å². The van der Waals surface area contributed by atoms with Gasteiger partial charge >= 0.3 is 0 Å². The van der Waals surface area contributed by atoms with Crippen molar-refractivity contribution < 1.29 is 9.53 Å². The van der Waals surface area contributed by atoms with Crippen molar-refractivity contribution in [3.63, 3.8) is 0 Å². The van der Waals surface area contributed by atoms with E-state index in [-0.39, 0.29) is 5.91 Å². The van der Waals surface area contributed by atoms with Crippen LogP contribution < -0.4 is 10.1 Å². The zero-order valence-electron chi connectivity index (χ0n) is 14.2. The lowest BCUT2D eigenvalue weighted by Crippen LogP contribution is -2.36. The number of pyridine rings is 1. The molecule has 128 valence electrons. The van der Waals surface area contributed by atoms with Crippen molar-refractivity contribution in [3.05, 3.63) is 72.2 Å². The summed E-state index contributed by atoms with van der Waals surface area (Å²) in [7, 11) is 0. The Kier molecular flexibility index (Phi) is 5.09. The molecule has 3 rings (SSSR count). The molecule has 0 unspecified atom stereocenters. The summed E-state index contributed by atoms with van der Waals surface area (Å²) in [5.74, 6) is 0.255. The van der Waals surface area contributed by atoms with E-state index in [1.54, 1.807) is 24.0 Å². The maximum Gasteiger partial charge on any atom is 0.261 e. The molecule has 1 N–H and O–H groups in total. The van der Waals surface area contributed by atoms with Crippen LogP contribution in [0, 0.1) is 6.92 Å². The fourth-order valence-corrected chi connectivity index (χ4v) is 2.33. The molecule has 1 aromatic carbocycles. The van der Waals surface area contributed by atoms with E-state index in [0.717, 1.165) is 16.8 Å². The highest BCUT2D eigenvalue weighted by Gasteiger charge is 2.17. The summed E-state index contributed by atoms with van der Waals surface area (Å²) in [4.78, 5) is 16.2. The first kappa shape index (κ1) is 16.7. The third-order valence-electron chi connectivity index (χ3n) is 3.72. The number of aromatic nitrogens is 3. The minimum atomic E-state index is -0.644. The maximum atomic E-state index is 12.2. The van der Waals surface area contributed by atoms with Crippen molar-refractivity contribution in [2.75, 3.05) is 0 Å². The number of para-hydroxylation sites is 1. The van der Waals surface area contributed by atoms with Crippen LogP contribution in [0.2, 0.25) is 0 Å². The fourth-order valence-electron chi connectivity index (χ4n) is 2.33. The highest BCUT2D eigenvalue weighted by molar-refractivity contribution is 5.80. The SMILES string of the molecule is Cc1cn(-c2ccccc2)nc1O[C@@H](C)C(=O)NCc1cccnc1. The van der Waals surface area contributed by atoms with Gasteiger partial charge in [-0.15, -0.1) is 5.10 Å². The number of carbonyl (C=O) groups is 1. The number of hydrogen-bond donors (Lipinski definition) is 1. The molecular weight excluding hydrogens is 316 g/mol. The van der Waals surface area contributed by atoms with E-state index in [0.29, 0.717) is 12.4 Å². The second-order valence-corrected chi connectivity index (χ2v) is 5.74. The van der Waals surface area contributed by atoms with Crippen LogP contribution in [0.25, 0.3) is 5.69 Å². The summed E-state index contributed by atoms with van der Waals surface area (Å²) in [6.45, 7) is 4.03. The predicted octanol–water partition coefficient (Wildman–Crippen LogP) is 2.66. The monoisotopic (exact) mass is 336 g/mol. The number of benzene rings is 1. The van der Waals surface area contributed by atoms with Gasteiger partial charge in [0.2, 0.25) is 5.88 Å². The topological polar surface area (TPSA) is 69.0 Å². The minimum absolute atomic E-state index is 0.197. The number of hydrogen-bond acceptors (Lipinski definition) is 4. The molecule has 6 heteroatoms. The number of nitrogens with one attached hydrogen (secondary N) is 1. The summed E-state index contributed by atoms with van der Waals surface area (Å²) in [6.07, 6.45) is 4.65. The molecule has 0 aliphatic rings. The standard InChI is InChI=1S/C19H20N4O2/c1-14-13-23(17-8-4-3-5-9-17)22-19(14)25-15(2)18(24)21-12-16-7-6-10-20-11-16/h3-11,13,15H,12H2,1-2H3,(H,21,24)/t15-/m0/s1. The Morgan fingerprint density at radius 2 is 2.04 bits per heavy atom. The predicted molar refractivity (Wildman–Crippen MR) is 94.5 cm³/mol. The van der Waals surface area contributed by atoms with Crippen LogP contribution in [0.15, 0.2) is 61.1 Å². The van der Waals surface area contributed by atoms with Gasteiger partial charge in [-0.25, -0.2) is 4.68 Å². The van der Waals surface area contributed by atoms with E-state index in [1.165, 1.54) is 0 Å². The van der Waals surface area contributed by atoms with Gasteiger partial charge in [0.05, 0.1) is 5.69 Å². The summed E-state index contributed by atoms with van der Waals surface area (Å²) in [5.41, 5.74) is 2.75. The number of amides is 1. The van der Waals surface area contributed by atoms with Gasteiger partial charge in [-0.2, -0.15) is 0 Å². The average molecular weight is 336 g/mol. The van der Waals surface area contributed by atoms with Crippen molar-refractivity contribution in [2.45, 2.75) is 26.5 Å². The quantitative estimate of drug-likeness (QED) is 0.751. The summed E-state index contributed by atoms with van der Waals surface area (Å²) in [6, 6.07) is 13.5. The normalized spacial score (nSPS) is 11.8. The second kappa shape index (κ2) is 7.61. The van der Waals surface area contributed by atoms with Crippen LogP contribution in [-0.2, 0) is 11.3 Å². The molecule has 1 amide bonds. The van der Waals surface area contributed by atoms with E-state index < -0.39 is 6.10 Å². The summed E-state index contributed by atoms with van der Waals surface area (Å²) < 4.78 is 7.48. The van der Waals surface area contributed by atoms with Gasteiger partial charge in [0, 0.05) is 30.7 Å². The number of ether oxygens (including phenoxy) is 1. The lowest BCUT2D eigenvalue weighted by atomic mass is 10.3. The van der Waals surface area contributed by atoms with E-state index in [4.69, 9.17) is 4.74 Å². The van der Waals surface area contributed by atoms with Crippen LogP contribution in [0.4, 0.5) is 0 Å². The number of aryl methyl sites for hydroxylation is 1. The van der Waals surface area contributed by atoms with Gasteiger partial charge in [-0.3, -0.25) is 9.78 Å². The zero-order valence-corrected chi connectivity index (χ0v) is 14.2. The molecule has 6 nitrogen and oxygen atoms in total. The molecule has 0 spiro atoms. The molecule has 0 saturated heterocycles. The Morgan fingerprint density at radius 3 is 2.76 bits per heavy atom. The molecule has 0 bridgehead atoms. The highest BCUT2D eigenvalue weighted by atomic mass is 16.5. The van der Waals surface area contributed by atoms with Gasteiger partial charge in [0.1, 0.15) is 0 Å². The first-order valence-corrected chi connectivity index (χ1v) is 8.08. The maximum absolute atomic E-state index is 12.2. The second-order valence-electron chi connectivity index (χ2n) is 5.74. The van der Waals surface area contributed by atoms with Gasteiger partial charge in [-0.1, -0.05) is 24.3 Å². The number of nitrogens with zero attached hydrogens (tertiary/aromatic N) is 3. The summed E-state index contributed by atoms with van der Waals surface area (Å²) in [5, 5.41) is 7.26. The Balaban J connectivity index is 1.61. The molecule has 0 saturated carbocycles. The van der Waals surface area contributed by atoms with E-state index in [2.05, 4.69) is 15.4 Å². The van der Waals surface area contributed by atoms with Crippen LogP contribution in [-0.4, -0.2) is 26.8 Å². The van der Waals surface area contributed by atoms with Gasteiger partial charge in [-0.05, 0) is 37.6 Å². The summed E-state index contributed by atoms with van der Waals surface area (Å²) >= 11 is 0. The third kappa shape index (κ3) is 4.23. The van der Waals surface area contributed by atoms with Crippen LogP contribution in [0.1, 0.15) is 18.1 Å². The fraction of sp³-hybridized carbons (Fsp3) is 0.211. The van der Waals surface area contributed by atoms with Gasteiger partial charge in [0.25, 0.3) is 5.91 Å². The largest absolute Gasteiger partial charge is 0.463 e. The molecule has 0 aliphatic carbocycles. The lowest BCUT2D eigenvalue weighted by Gasteiger charge is -2.13.